The average molecular weight is 307 g/mol. The van der Waals surface area contributed by atoms with Crippen LogP contribution in [-0.2, 0) is 11.3 Å². The molecule has 2 fully saturated rings. The Morgan fingerprint density at radius 3 is 2.53 bits per heavy atom. The van der Waals surface area contributed by atoms with Crippen LogP contribution in [0, 0.1) is 11.8 Å². The molecule has 2 atom stereocenters. The summed E-state index contributed by atoms with van der Waals surface area (Å²) in [6.07, 6.45) is 4.21. The average Bonchev–Trinajstić information content (AvgIpc) is 3.01. The SMILES string of the molecule is Cl.Cl.O=C(CCn1cccn1)N1C[C@H]2CNC[C@H]2C1. The van der Waals surface area contributed by atoms with Gasteiger partial charge in [-0.2, -0.15) is 5.10 Å². The number of carbonyl (C=O) groups excluding carboxylic acids is 1. The number of nitrogens with one attached hydrogen (secondary N) is 1. The van der Waals surface area contributed by atoms with E-state index in [1.54, 1.807) is 6.20 Å². The highest BCUT2D eigenvalue weighted by Gasteiger charge is 2.37. The second-order valence-electron chi connectivity index (χ2n) is 5.00. The number of hydrogen-bond acceptors (Lipinski definition) is 3. The van der Waals surface area contributed by atoms with Gasteiger partial charge in [0.1, 0.15) is 0 Å². The summed E-state index contributed by atoms with van der Waals surface area (Å²) in [4.78, 5) is 14.1. The van der Waals surface area contributed by atoms with Gasteiger partial charge in [-0.1, -0.05) is 0 Å². The minimum atomic E-state index is 0. The second kappa shape index (κ2) is 7.12. The van der Waals surface area contributed by atoms with E-state index in [9.17, 15) is 4.79 Å². The number of halogens is 2. The zero-order valence-electron chi connectivity index (χ0n) is 10.7. The van der Waals surface area contributed by atoms with Crippen LogP contribution in [0.15, 0.2) is 18.5 Å². The van der Waals surface area contributed by atoms with Crippen LogP contribution in [-0.4, -0.2) is 46.8 Å². The molecule has 2 saturated heterocycles. The van der Waals surface area contributed by atoms with Crippen LogP contribution in [0.2, 0.25) is 0 Å². The minimum Gasteiger partial charge on any atom is -0.342 e. The normalized spacial score (nSPS) is 24.5. The molecule has 0 spiro atoms. The van der Waals surface area contributed by atoms with Crippen LogP contribution in [0.25, 0.3) is 0 Å². The molecule has 0 aromatic carbocycles. The smallest absolute Gasteiger partial charge is 0.224 e. The van der Waals surface area contributed by atoms with E-state index in [4.69, 9.17) is 0 Å². The maximum absolute atomic E-state index is 12.0. The summed E-state index contributed by atoms with van der Waals surface area (Å²) >= 11 is 0. The molecule has 2 aliphatic heterocycles. The Balaban J connectivity index is 0.000000902. The first-order chi connectivity index (χ1) is 8.33. The van der Waals surface area contributed by atoms with Gasteiger partial charge in [0, 0.05) is 51.5 Å². The van der Waals surface area contributed by atoms with Gasteiger partial charge in [0.2, 0.25) is 5.91 Å². The summed E-state index contributed by atoms with van der Waals surface area (Å²) in [7, 11) is 0. The Morgan fingerprint density at radius 1 is 1.26 bits per heavy atom. The molecule has 0 bridgehead atoms. The third-order valence-electron chi connectivity index (χ3n) is 3.86. The first-order valence-electron chi connectivity index (χ1n) is 6.29. The van der Waals surface area contributed by atoms with Crippen molar-refractivity contribution in [3.63, 3.8) is 0 Å². The van der Waals surface area contributed by atoms with Crippen molar-refractivity contribution in [2.45, 2.75) is 13.0 Å². The van der Waals surface area contributed by atoms with Gasteiger partial charge in [-0.05, 0) is 17.9 Å². The Hall–Kier alpha value is -0.780. The highest BCUT2D eigenvalue weighted by molar-refractivity contribution is 5.85. The monoisotopic (exact) mass is 306 g/mol. The first-order valence-corrected chi connectivity index (χ1v) is 6.29. The number of amides is 1. The van der Waals surface area contributed by atoms with E-state index in [1.807, 2.05) is 21.8 Å². The zero-order valence-corrected chi connectivity index (χ0v) is 12.3. The van der Waals surface area contributed by atoms with Gasteiger partial charge in [0.25, 0.3) is 0 Å². The molecule has 0 unspecified atom stereocenters. The van der Waals surface area contributed by atoms with Crippen molar-refractivity contribution in [2.24, 2.45) is 11.8 Å². The summed E-state index contributed by atoms with van der Waals surface area (Å²) in [6.45, 7) is 4.72. The number of aryl methyl sites for hydroxylation is 1. The number of rotatable bonds is 3. The van der Waals surface area contributed by atoms with Gasteiger partial charge >= 0.3 is 0 Å². The molecule has 3 rings (SSSR count). The number of likely N-dealkylation sites (tertiary alicyclic amines) is 1. The van der Waals surface area contributed by atoms with E-state index >= 15 is 0 Å². The van der Waals surface area contributed by atoms with E-state index in [0.717, 1.165) is 26.2 Å². The lowest BCUT2D eigenvalue weighted by Crippen LogP contribution is -2.32. The number of carbonyl (C=O) groups is 1. The quantitative estimate of drug-likeness (QED) is 0.898. The van der Waals surface area contributed by atoms with Crippen LogP contribution in [0.4, 0.5) is 0 Å². The minimum absolute atomic E-state index is 0. The number of aromatic nitrogens is 2. The number of nitrogens with zero attached hydrogens (tertiary/aromatic N) is 3. The number of hydrogen-bond donors (Lipinski definition) is 1. The highest BCUT2D eigenvalue weighted by Crippen LogP contribution is 2.26. The maximum Gasteiger partial charge on any atom is 0.224 e. The Labute approximate surface area is 125 Å². The van der Waals surface area contributed by atoms with Crippen LogP contribution in [0.5, 0.6) is 0 Å². The molecule has 0 aliphatic carbocycles. The van der Waals surface area contributed by atoms with Crippen molar-refractivity contribution in [3.05, 3.63) is 18.5 Å². The van der Waals surface area contributed by atoms with Crippen LogP contribution in [0.1, 0.15) is 6.42 Å². The Morgan fingerprint density at radius 2 is 1.95 bits per heavy atom. The molecule has 3 heterocycles. The summed E-state index contributed by atoms with van der Waals surface area (Å²) < 4.78 is 1.82. The van der Waals surface area contributed by atoms with Crippen LogP contribution >= 0.6 is 24.8 Å². The van der Waals surface area contributed by atoms with E-state index in [0.29, 0.717) is 24.8 Å². The lowest BCUT2D eigenvalue weighted by molar-refractivity contribution is -0.130. The molecule has 1 N–H and O–H groups in total. The Kier molecular flexibility index (Phi) is 6.10. The maximum atomic E-state index is 12.0. The van der Waals surface area contributed by atoms with Crippen molar-refractivity contribution in [1.82, 2.24) is 20.0 Å². The fraction of sp³-hybridized carbons (Fsp3) is 0.667. The van der Waals surface area contributed by atoms with Crippen molar-refractivity contribution >= 4 is 30.7 Å². The standard InChI is InChI=1S/C12H18N4O.2ClH/c17-12(2-5-16-4-1-3-14-16)15-8-10-6-13-7-11(10)9-15;;/h1,3-4,10-11,13H,2,5-9H2;2*1H/t10-,11+;;. The molecule has 2 aliphatic rings. The lowest BCUT2D eigenvalue weighted by atomic mass is 10.0. The molecule has 1 aromatic rings. The number of fused-ring (bicyclic) bond motifs is 1. The Bertz CT molecular complexity index is 386. The molecule has 5 nitrogen and oxygen atoms in total. The molecule has 0 saturated carbocycles. The van der Waals surface area contributed by atoms with E-state index in [1.165, 1.54) is 0 Å². The van der Waals surface area contributed by atoms with Gasteiger partial charge in [0.05, 0.1) is 0 Å². The third kappa shape index (κ3) is 3.61. The summed E-state index contributed by atoms with van der Waals surface area (Å²) in [5.74, 6) is 1.64. The summed E-state index contributed by atoms with van der Waals surface area (Å²) in [5, 5.41) is 7.49. The molecular weight excluding hydrogens is 287 g/mol. The highest BCUT2D eigenvalue weighted by atomic mass is 35.5. The van der Waals surface area contributed by atoms with Gasteiger partial charge < -0.3 is 10.2 Å². The van der Waals surface area contributed by atoms with Crippen LogP contribution < -0.4 is 5.32 Å². The largest absolute Gasteiger partial charge is 0.342 e. The third-order valence-corrected chi connectivity index (χ3v) is 3.86. The molecule has 19 heavy (non-hydrogen) atoms. The second-order valence-corrected chi connectivity index (χ2v) is 5.00. The predicted molar refractivity (Wildman–Crippen MR) is 77.8 cm³/mol. The van der Waals surface area contributed by atoms with Crippen molar-refractivity contribution in [2.75, 3.05) is 26.2 Å². The summed E-state index contributed by atoms with van der Waals surface area (Å²) in [6, 6.07) is 1.89. The zero-order chi connectivity index (χ0) is 11.7. The van der Waals surface area contributed by atoms with Crippen molar-refractivity contribution in [1.29, 1.82) is 0 Å². The topological polar surface area (TPSA) is 50.2 Å². The summed E-state index contributed by atoms with van der Waals surface area (Å²) in [5.41, 5.74) is 0. The van der Waals surface area contributed by atoms with Crippen LogP contribution in [0.3, 0.4) is 0 Å². The molecule has 1 amide bonds. The fourth-order valence-corrected chi connectivity index (χ4v) is 2.86. The van der Waals surface area contributed by atoms with Crippen molar-refractivity contribution in [3.8, 4) is 0 Å². The van der Waals surface area contributed by atoms with E-state index < -0.39 is 0 Å². The molecule has 1 aromatic heterocycles. The van der Waals surface area contributed by atoms with Gasteiger partial charge in [-0.25, -0.2) is 0 Å². The lowest BCUT2D eigenvalue weighted by Gasteiger charge is -2.17. The van der Waals surface area contributed by atoms with Gasteiger partial charge in [-0.3, -0.25) is 9.48 Å². The molecule has 0 radical (unpaired) electrons. The van der Waals surface area contributed by atoms with E-state index in [2.05, 4.69) is 10.4 Å². The molecular formula is C12H20Cl2N4O. The first kappa shape index (κ1) is 16.3. The van der Waals surface area contributed by atoms with Gasteiger partial charge in [0.15, 0.2) is 0 Å². The molecule has 108 valence electrons. The van der Waals surface area contributed by atoms with E-state index in [-0.39, 0.29) is 30.7 Å². The predicted octanol–water partition coefficient (Wildman–Crippen LogP) is 0.795. The molecule has 7 heteroatoms. The van der Waals surface area contributed by atoms with Gasteiger partial charge in [-0.15, -0.1) is 24.8 Å². The van der Waals surface area contributed by atoms with Crippen molar-refractivity contribution < 1.29 is 4.79 Å². The fourth-order valence-electron chi connectivity index (χ4n) is 2.86.